The number of rotatable bonds is 2. The van der Waals surface area contributed by atoms with E-state index in [-0.39, 0.29) is 11.9 Å². The first-order valence-electron chi connectivity index (χ1n) is 9.22. The molecule has 0 saturated heterocycles. The number of fused-ring (bicyclic) bond motifs is 2. The highest BCUT2D eigenvalue weighted by Crippen LogP contribution is 2.35. The molecule has 1 amide bonds. The van der Waals surface area contributed by atoms with E-state index >= 15 is 0 Å². The standard InChI is InChI=1S/C22H23N3O2/c1-12-9-13(2)21-17(10-12)18(7-8-27-21)25-22(26)16-5-6-19-20(11-16)24-15(4)14(3)23-19/h5-6,9-11,18H,7-8H2,1-4H3,(H,25,26). The number of aromatic nitrogens is 2. The molecule has 1 unspecified atom stereocenters. The van der Waals surface area contributed by atoms with Gasteiger partial charge in [0, 0.05) is 17.5 Å². The molecule has 0 aliphatic carbocycles. The number of nitrogens with zero attached hydrogens (tertiary/aromatic N) is 2. The van der Waals surface area contributed by atoms with Crippen LogP contribution < -0.4 is 10.1 Å². The lowest BCUT2D eigenvalue weighted by Crippen LogP contribution is -2.32. The third-order valence-corrected chi connectivity index (χ3v) is 5.12. The summed E-state index contributed by atoms with van der Waals surface area (Å²) in [5.74, 6) is 0.793. The predicted molar refractivity (Wildman–Crippen MR) is 105 cm³/mol. The van der Waals surface area contributed by atoms with Crippen molar-refractivity contribution in [1.29, 1.82) is 0 Å². The molecular weight excluding hydrogens is 338 g/mol. The molecule has 2 aromatic carbocycles. The Morgan fingerprint density at radius 2 is 1.78 bits per heavy atom. The first-order valence-corrected chi connectivity index (χ1v) is 9.22. The van der Waals surface area contributed by atoms with Gasteiger partial charge < -0.3 is 10.1 Å². The number of aryl methyl sites for hydroxylation is 4. The van der Waals surface area contributed by atoms with Gasteiger partial charge in [0.1, 0.15) is 5.75 Å². The molecule has 5 heteroatoms. The average Bonchev–Trinajstić information content (AvgIpc) is 2.63. The van der Waals surface area contributed by atoms with Crippen LogP contribution in [0.15, 0.2) is 30.3 Å². The highest BCUT2D eigenvalue weighted by Gasteiger charge is 2.25. The minimum atomic E-state index is -0.103. The molecule has 3 aromatic rings. The maximum absolute atomic E-state index is 12.9. The van der Waals surface area contributed by atoms with E-state index in [0.717, 1.165) is 45.7 Å². The second-order valence-electron chi connectivity index (χ2n) is 7.26. The number of amides is 1. The van der Waals surface area contributed by atoms with Gasteiger partial charge in [-0.3, -0.25) is 4.79 Å². The van der Waals surface area contributed by atoms with Gasteiger partial charge >= 0.3 is 0 Å². The smallest absolute Gasteiger partial charge is 0.251 e. The molecule has 2 heterocycles. The fraction of sp³-hybridized carbons (Fsp3) is 0.318. The highest BCUT2D eigenvalue weighted by molar-refractivity contribution is 5.97. The zero-order valence-electron chi connectivity index (χ0n) is 16.1. The number of benzene rings is 2. The fourth-order valence-corrected chi connectivity index (χ4v) is 3.64. The maximum Gasteiger partial charge on any atom is 0.251 e. The number of nitrogens with one attached hydrogen (secondary N) is 1. The van der Waals surface area contributed by atoms with E-state index in [0.29, 0.717) is 12.2 Å². The molecule has 1 atom stereocenters. The number of ether oxygens (including phenoxy) is 1. The molecular formula is C22H23N3O2. The van der Waals surface area contributed by atoms with Crippen LogP contribution in [0.25, 0.3) is 11.0 Å². The number of carbonyl (C=O) groups is 1. The lowest BCUT2D eigenvalue weighted by Gasteiger charge is -2.28. The summed E-state index contributed by atoms with van der Waals surface area (Å²) in [5.41, 5.74) is 7.26. The van der Waals surface area contributed by atoms with Crippen LogP contribution in [-0.2, 0) is 0 Å². The summed E-state index contributed by atoms with van der Waals surface area (Å²) in [5, 5.41) is 3.17. The van der Waals surface area contributed by atoms with Gasteiger partial charge in [0.2, 0.25) is 0 Å². The van der Waals surface area contributed by atoms with Crippen LogP contribution in [0, 0.1) is 27.7 Å². The third-order valence-electron chi connectivity index (χ3n) is 5.12. The van der Waals surface area contributed by atoms with Crippen molar-refractivity contribution < 1.29 is 9.53 Å². The van der Waals surface area contributed by atoms with Gasteiger partial charge in [-0.05, 0) is 51.5 Å². The summed E-state index contributed by atoms with van der Waals surface area (Å²) >= 11 is 0. The quantitative estimate of drug-likeness (QED) is 0.746. The Morgan fingerprint density at radius 3 is 2.56 bits per heavy atom. The molecule has 0 bridgehead atoms. The van der Waals surface area contributed by atoms with Gasteiger partial charge in [0.15, 0.2) is 0 Å². The predicted octanol–water partition coefficient (Wildman–Crippen LogP) is 4.12. The van der Waals surface area contributed by atoms with Gasteiger partial charge in [0.05, 0.1) is 35.1 Å². The van der Waals surface area contributed by atoms with Crippen LogP contribution >= 0.6 is 0 Å². The van der Waals surface area contributed by atoms with E-state index in [9.17, 15) is 4.79 Å². The molecule has 1 aliphatic heterocycles. The van der Waals surface area contributed by atoms with Crippen molar-refractivity contribution in [3.8, 4) is 5.75 Å². The van der Waals surface area contributed by atoms with Crippen LogP contribution in [0.4, 0.5) is 0 Å². The molecule has 0 radical (unpaired) electrons. The summed E-state index contributed by atoms with van der Waals surface area (Å²) in [4.78, 5) is 22.0. The fourth-order valence-electron chi connectivity index (χ4n) is 3.64. The minimum Gasteiger partial charge on any atom is -0.493 e. The van der Waals surface area contributed by atoms with Gasteiger partial charge in [0.25, 0.3) is 5.91 Å². The zero-order chi connectivity index (χ0) is 19.1. The van der Waals surface area contributed by atoms with Crippen LogP contribution in [0.1, 0.15) is 50.9 Å². The summed E-state index contributed by atoms with van der Waals surface area (Å²) in [7, 11) is 0. The van der Waals surface area contributed by atoms with Crippen LogP contribution in [0.3, 0.4) is 0 Å². The van der Waals surface area contributed by atoms with Gasteiger partial charge in [-0.1, -0.05) is 17.7 Å². The van der Waals surface area contributed by atoms with E-state index in [1.807, 2.05) is 39.0 Å². The summed E-state index contributed by atoms with van der Waals surface area (Å²) < 4.78 is 5.84. The van der Waals surface area contributed by atoms with Crippen molar-refractivity contribution in [2.75, 3.05) is 6.61 Å². The molecule has 0 spiro atoms. The zero-order valence-corrected chi connectivity index (χ0v) is 16.1. The van der Waals surface area contributed by atoms with Gasteiger partial charge in [-0.2, -0.15) is 0 Å². The Labute approximate surface area is 158 Å². The van der Waals surface area contributed by atoms with Crippen LogP contribution in [0.2, 0.25) is 0 Å². The first kappa shape index (κ1) is 17.5. The highest BCUT2D eigenvalue weighted by atomic mass is 16.5. The van der Waals surface area contributed by atoms with Crippen molar-refractivity contribution in [2.45, 2.75) is 40.2 Å². The largest absolute Gasteiger partial charge is 0.493 e. The molecule has 1 N–H and O–H groups in total. The van der Waals surface area contributed by atoms with Crippen molar-refractivity contribution in [3.63, 3.8) is 0 Å². The molecule has 0 fully saturated rings. The Balaban J connectivity index is 1.64. The Kier molecular flexibility index (Phi) is 4.30. The van der Waals surface area contributed by atoms with E-state index in [2.05, 4.69) is 34.3 Å². The monoisotopic (exact) mass is 361 g/mol. The van der Waals surface area contributed by atoms with Crippen molar-refractivity contribution in [2.24, 2.45) is 0 Å². The molecule has 0 saturated carbocycles. The Morgan fingerprint density at radius 1 is 1.04 bits per heavy atom. The molecule has 1 aliphatic rings. The van der Waals surface area contributed by atoms with Crippen molar-refractivity contribution in [1.82, 2.24) is 15.3 Å². The molecule has 5 nitrogen and oxygen atoms in total. The van der Waals surface area contributed by atoms with Gasteiger partial charge in [-0.15, -0.1) is 0 Å². The summed E-state index contributed by atoms with van der Waals surface area (Å²) in [6, 6.07) is 9.63. The van der Waals surface area contributed by atoms with Crippen LogP contribution in [-0.4, -0.2) is 22.5 Å². The number of hydrogen-bond donors (Lipinski definition) is 1. The van der Waals surface area contributed by atoms with E-state index in [1.165, 1.54) is 5.56 Å². The molecule has 1 aromatic heterocycles. The first-order chi connectivity index (χ1) is 12.9. The molecule has 138 valence electrons. The topological polar surface area (TPSA) is 64.1 Å². The van der Waals surface area contributed by atoms with Crippen LogP contribution in [0.5, 0.6) is 5.75 Å². The van der Waals surface area contributed by atoms with Gasteiger partial charge in [-0.25, -0.2) is 9.97 Å². The molecule has 27 heavy (non-hydrogen) atoms. The lowest BCUT2D eigenvalue weighted by molar-refractivity contribution is 0.0924. The Bertz CT molecular complexity index is 1060. The summed E-state index contributed by atoms with van der Waals surface area (Å²) in [6.07, 6.45) is 0.757. The van der Waals surface area contributed by atoms with Crippen molar-refractivity contribution in [3.05, 3.63) is 64.0 Å². The lowest BCUT2D eigenvalue weighted by atomic mass is 9.95. The third kappa shape index (κ3) is 3.25. The second kappa shape index (κ2) is 6.65. The Hall–Kier alpha value is -2.95. The van der Waals surface area contributed by atoms with E-state index < -0.39 is 0 Å². The summed E-state index contributed by atoms with van der Waals surface area (Å²) in [6.45, 7) is 8.58. The van der Waals surface area contributed by atoms with E-state index in [1.54, 1.807) is 0 Å². The van der Waals surface area contributed by atoms with E-state index in [4.69, 9.17) is 4.74 Å². The second-order valence-corrected chi connectivity index (χ2v) is 7.26. The average molecular weight is 361 g/mol. The SMILES string of the molecule is Cc1cc(C)c2c(c1)C(NC(=O)c1ccc3nc(C)c(C)nc3c1)CCO2. The minimum absolute atomic E-state index is 0.0543. The normalized spacial score (nSPS) is 15.9. The molecule has 4 rings (SSSR count). The van der Waals surface area contributed by atoms with Crippen molar-refractivity contribution >= 4 is 16.9 Å². The number of carbonyl (C=O) groups excluding carboxylic acids is 1. The maximum atomic E-state index is 12.9. The number of hydrogen-bond acceptors (Lipinski definition) is 4.